The molecule has 0 aliphatic carbocycles. The molecule has 0 bridgehead atoms. The van der Waals surface area contributed by atoms with Gasteiger partial charge in [0.25, 0.3) is 11.8 Å². The summed E-state index contributed by atoms with van der Waals surface area (Å²) >= 11 is 0. The van der Waals surface area contributed by atoms with Crippen molar-refractivity contribution in [3.63, 3.8) is 0 Å². The molecular weight excluding hydrogens is 571 g/mol. The number of halogens is 1. The minimum absolute atomic E-state index is 0.168. The van der Waals surface area contributed by atoms with Crippen molar-refractivity contribution in [3.8, 4) is 17.2 Å². The number of pyridine rings is 2. The van der Waals surface area contributed by atoms with Crippen molar-refractivity contribution in [2.24, 2.45) is 0 Å². The number of amides is 2. The first-order chi connectivity index (χ1) is 21.7. The number of nitrogen functional groups attached to an aromatic ring is 1. The number of rotatable bonds is 13. The molecule has 10 nitrogen and oxygen atoms in total. The van der Waals surface area contributed by atoms with Crippen molar-refractivity contribution in [3.05, 3.63) is 107 Å². The molecule has 0 saturated carbocycles. The first kappa shape index (κ1) is 32.6. The van der Waals surface area contributed by atoms with Crippen LogP contribution in [0.3, 0.4) is 0 Å². The molecule has 2 aromatic heterocycles. The molecular formula is C34H37FN8O2. The van der Waals surface area contributed by atoms with Gasteiger partial charge in [0.2, 0.25) is 0 Å². The second-order valence-electron chi connectivity index (χ2n) is 10.5. The average molecular weight is 609 g/mol. The van der Waals surface area contributed by atoms with Gasteiger partial charge in [0, 0.05) is 37.6 Å². The van der Waals surface area contributed by atoms with Gasteiger partial charge >= 0.3 is 0 Å². The topological polar surface area (TPSA) is 149 Å². The van der Waals surface area contributed by atoms with Crippen LogP contribution in [0.25, 0.3) is 11.1 Å². The monoisotopic (exact) mass is 608 g/mol. The van der Waals surface area contributed by atoms with E-state index in [1.807, 2.05) is 30.3 Å². The Bertz CT molecular complexity index is 1670. The quantitative estimate of drug-likeness (QED) is 0.167. The number of nitrogens with one attached hydrogen (secondary N) is 3. The molecule has 2 aromatic carbocycles. The Hall–Kier alpha value is -5.34. The van der Waals surface area contributed by atoms with E-state index in [1.165, 1.54) is 24.4 Å². The van der Waals surface area contributed by atoms with E-state index < -0.39 is 11.9 Å². The number of aromatic nitrogens is 2. The number of nitrogens with two attached hydrogens (primary N) is 1. The minimum Gasteiger partial charge on any atom is -0.383 e. The third kappa shape index (κ3) is 8.61. The standard InChI is InChI=1S/C34H37FN8O2/c1-4-43(5-2)15-14-38-33(44)29-17-27(21-39-31(29)37)26-8-6-23(7-9-26)19-40-32-30(16-24(18-36)20-41-32)34(45)42-22(3)25-10-12-28(35)13-11-25/h6-13,16-17,20-22H,4-5,14-15,19H2,1-3H3,(H2,37,39)(H,38,44)(H,40,41)(H,42,45). The van der Waals surface area contributed by atoms with Crippen LogP contribution in [0.15, 0.2) is 73.1 Å². The summed E-state index contributed by atoms with van der Waals surface area (Å²) in [7, 11) is 0. The highest BCUT2D eigenvalue weighted by molar-refractivity contribution is 6.00. The van der Waals surface area contributed by atoms with Gasteiger partial charge in [0.15, 0.2) is 0 Å². The molecule has 45 heavy (non-hydrogen) atoms. The van der Waals surface area contributed by atoms with Crippen molar-refractivity contribution in [2.75, 3.05) is 37.2 Å². The molecule has 4 rings (SSSR count). The number of nitriles is 1. The number of carbonyl (C=O) groups excluding carboxylic acids is 2. The number of likely N-dealkylation sites (N-methyl/N-ethyl adjacent to an activating group) is 1. The minimum atomic E-state index is -0.419. The highest BCUT2D eigenvalue weighted by Gasteiger charge is 2.18. The number of anilines is 2. The summed E-state index contributed by atoms with van der Waals surface area (Å²) < 4.78 is 13.3. The van der Waals surface area contributed by atoms with Crippen molar-refractivity contribution in [1.29, 1.82) is 5.26 Å². The molecule has 0 aliphatic heterocycles. The molecule has 0 aliphatic rings. The van der Waals surface area contributed by atoms with Crippen molar-refractivity contribution < 1.29 is 14.0 Å². The summed E-state index contributed by atoms with van der Waals surface area (Å²) in [5.74, 6) is -0.556. The number of carbonyl (C=O) groups is 2. The Morgan fingerprint density at radius 1 is 0.956 bits per heavy atom. The second kappa shape index (κ2) is 15.4. The van der Waals surface area contributed by atoms with Crippen LogP contribution in [0.2, 0.25) is 0 Å². The van der Waals surface area contributed by atoms with E-state index >= 15 is 0 Å². The molecule has 0 radical (unpaired) electrons. The predicted octanol–water partition coefficient (Wildman–Crippen LogP) is 4.91. The molecule has 0 spiro atoms. The third-order valence-corrected chi connectivity index (χ3v) is 7.50. The molecule has 5 N–H and O–H groups in total. The molecule has 0 fully saturated rings. The largest absolute Gasteiger partial charge is 0.383 e. The smallest absolute Gasteiger partial charge is 0.255 e. The van der Waals surface area contributed by atoms with Gasteiger partial charge in [-0.05, 0) is 61.0 Å². The summed E-state index contributed by atoms with van der Waals surface area (Å²) in [5, 5.41) is 18.4. The van der Waals surface area contributed by atoms with Gasteiger partial charge in [-0.2, -0.15) is 5.26 Å². The van der Waals surface area contributed by atoms with Crippen molar-refractivity contribution in [2.45, 2.75) is 33.4 Å². The Morgan fingerprint density at radius 3 is 2.33 bits per heavy atom. The number of hydrogen-bond donors (Lipinski definition) is 4. The summed E-state index contributed by atoms with van der Waals surface area (Å²) in [5.41, 5.74) is 10.1. The van der Waals surface area contributed by atoms with Gasteiger partial charge in [-0.25, -0.2) is 14.4 Å². The number of hydrogen-bond acceptors (Lipinski definition) is 8. The Labute approximate surface area is 262 Å². The van der Waals surface area contributed by atoms with E-state index in [1.54, 1.807) is 31.3 Å². The summed E-state index contributed by atoms with van der Waals surface area (Å²) in [6.07, 6.45) is 3.03. The van der Waals surface area contributed by atoms with E-state index in [0.717, 1.165) is 41.9 Å². The van der Waals surface area contributed by atoms with Crippen LogP contribution in [0.5, 0.6) is 0 Å². The van der Waals surface area contributed by atoms with Gasteiger partial charge in [0.05, 0.1) is 22.7 Å². The van der Waals surface area contributed by atoms with Crippen LogP contribution in [0, 0.1) is 17.1 Å². The predicted molar refractivity (Wildman–Crippen MR) is 173 cm³/mol. The number of nitrogens with zero attached hydrogens (tertiary/aromatic N) is 4. The Morgan fingerprint density at radius 2 is 1.67 bits per heavy atom. The van der Waals surface area contributed by atoms with Crippen LogP contribution < -0.4 is 21.7 Å². The highest BCUT2D eigenvalue weighted by atomic mass is 19.1. The molecule has 2 amide bonds. The fourth-order valence-electron chi connectivity index (χ4n) is 4.73. The maximum atomic E-state index is 13.3. The third-order valence-electron chi connectivity index (χ3n) is 7.50. The molecule has 1 unspecified atom stereocenters. The first-order valence-corrected chi connectivity index (χ1v) is 14.8. The zero-order valence-electron chi connectivity index (χ0n) is 25.6. The molecule has 0 saturated heterocycles. The Balaban J connectivity index is 1.43. The van der Waals surface area contributed by atoms with Crippen molar-refractivity contribution >= 4 is 23.5 Å². The fourth-order valence-corrected chi connectivity index (χ4v) is 4.73. The molecule has 11 heteroatoms. The highest BCUT2D eigenvalue weighted by Crippen LogP contribution is 2.24. The second-order valence-corrected chi connectivity index (χ2v) is 10.5. The van der Waals surface area contributed by atoms with Gasteiger partial charge in [-0.1, -0.05) is 50.2 Å². The van der Waals surface area contributed by atoms with Gasteiger partial charge in [-0.15, -0.1) is 0 Å². The normalized spacial score (nSPS) is 11.5. The van der Waals surface area contributed by atoms with E-state index in [-0.39, 0.29) is 28.7 Å². The lowest BCUT2D eigenvalue weighted by atomic mass is 10.0. The van der Waals surface area contributed by atoms with E-state index in [9.17, 15) is 19.2 Å². The maximum Gasteiger partial charge on any atom is 0.255 e. The lowest BCUT2D eigenvalue weighted by molar-refractivity contribution is 0.0935. The molecule has 2 heterocycles. The lowest BCUT2D eigenvalue weighted by Gasteiger charge is -2.18. The van der Waals surface area contributed by atoms with Crippen LogP contribution in [0.4, 0.5) is 16.0 Å². The van der Waals surface area contributed by atoms with E-state index in [2.05, 4.69) is 44.7 Å². The molecule has 4 aromatic rings. The summed E-state index contributed by atoms with van der Waals surface area (Å²) in [4.78, 5) is 36.8. The zero-order chi connectivity index (χ0) is 32.3. The van der Waals surface area contributed by atoms with Crippen LogP contribution in [-0.4, -0.2) is 52.9 Å². The zero-order valence-corrected chi connectivity index (χ0v) is 25.6. The fraction of sp³-hybridized carbons (Fsp3) is 0.265. The summed E-state index contributed by atoms with van der Waals surface area (Å²) in [6.45, 7) is 9.40. The molecule has 1 atom stereocenters. The van der Waals surface area contributed by atoms with Gasteiger partial charge < -0.3 is 26.6 Å². The van der Waals surface area contributed by atoms with E-state index in [0.29, 0.717) is 24.5 Å². The lowest BCUT2D eigenvalue weighted by Crippen LogP contribution is -2.35. The average Bonchev–Trinajstić information content (AvgIpc) is 3.06. The van der Waals surface area contributed by atoms with Crippen molar-refractivity contribution in [1.82, 2.24) is 25.5 Å². The van der Waals surface area contributed by atoms with Crippen LogP contribution in [-0.2, 0) is 6.54 Å². The number of benzene rings is 2. The first-order valence-electron chi connectivity index (χ1n) is 14.8. The Kier molecular flexibility index (Phi) is 11.2. The molecule has 232 valence electrons. The van der Waals surface area contributed by atoms with Crippen LogP contribution in [0.1, 0.15) is 64.2 Å². The SMILES string of the molecule is CCN(CC)CCNC(=O)c1cc(-c2ccc(CNc3ncc(C#N)cc3C(=O)NC(C)c3ccc(F)cc3)cc2)cnc1N. The van der Waals surface area contributed by atoms with Gasteiger partial charge in [0.1, 0.15) is 23.5 Å². The maximum absolute atomic E-state index is 13.3. The van der Waals surface area contributed by atoms with Gasteiger partial charge in [-0.3, -0.25) is 9.59 Å². The van der Waals surface area contributed by atoms with E-state index in [4.69, 9.17) is 5.73 Å². The summed E-state index contributed by atoms with van der Waals surface area (Å²) in [6, 6.07) is 18.4. The van der Waals surface area contributed by atoms with Crippen LogP contribution >= 0.6 is 0 Å².